The van der Waals surface area contributed by atoms with Crippen molar-refractivity contribution >= 4 is 28.4 Å². The maximum atomic E-state index is 13.2. The Morgan fingerprint density at radius 3 is 2.56 bits per heavy atom. The van der Waals surface area contributed by atoms with E-state index in [2.05, 4.69) is 23.1 Å². The van der Waals surface area contributed by atoms with Crippen molar-refractivity contribution in [3.8, 4) is 0 Å². The van der Waals surface area contributed by atoms with Gasteiger partial charge in [0.25, 0.3) is 0 Å². The first kappa shape index (κ1) is 27.6. The molecule has 0 bridgehead atoms. The van der Waals surface area contributed by atoms with Crippen LogP contribution < -0.4 is 5.32 Å². The molecule has 1 amide bonds. The van der Waals surface area contributed by atoms with Crippen molar-refractivity contribution in [1.29, 1.82) is 0 Å². The number of para-hydroxylation sites is 1. The van der Waals surface area contributed by atoms with Crippen LogP contribution in [0, 0.1) is 0 Å². The predicted octanol–water partition coefficient (Wildman–Crippen LogP) is 7.33. The van der Waals surface area contributed by atoms with Gasteiger partial charge in [0.2, 0.25) is 5.91 Å². The van der Waals surface area contributed by atoms with Gasteiger partial charge in [0.05, 0.1) is 0 Å². The van der Waals surface area contributed by atoms with E-state index in [4.69, 9.17) is 0 Å². The number of thioether (sulfide) groups is 1. The van der Waals surface area contributed by atoms with Gasteiger partial charge in [-0.15, -0.1) is 0 Å². The molecule has 2 aliphatic heterocycles. The van der Waals surface area contributed by atoms with E-state index in [1.807, 2.05) is 39.0 Å². The highest BCUT2D eigenvalue weighted by atomic mass is 32.2. The second-order valence-electron chi connectivity index (χ2n) is 7.25. The number of rotatable bonds is 4. The van der Waals surface area contributed by atoms with Crippen LogP contribution in [-0.2, 0) is 9.67 Å². The summed E-state index contributed by atoms with van der Waals surface area (Å²) in [5.74, 6) is -0.466. The number of halogens is 2. The van der Waals surface area contributed by atoms with Crippen LogP contribution in [0.25, 0.3) is 0 Å². The van der Waals surface area contributed by atoms with Crippen LogP contribution >= 0.6 is 11.8 Å². The lowest BCUT2D eigenvalue weighted by molar-refractivity contribution is -0.132. The molecule has 0 saturated heterocycles. The van der Waals surface area contributed by atoms with Crippen LogP contribution in [0.2, 0.25) is 0 Å². The minimum Gasteiger partial charge on any atom is -0.385 e. The number of amides is 1. The molecule has 1 spiro atoms. The fourth-order valence-electron chi connectivity index (χ4n) is 3.52. The van der Waals surface area contributed by atoms with E-state index in [9.17, 15) is 13.6 Å². The number of benzene rings is 1. The average molecular weight is 464 g/mol. The molecular formula is C25H35F2N3OS. The van der Waals surface area contributed by atoms with Gasteiger partial charge in [0.15, 0.2) is 0 Å². The number of nitrogens with one attached hydrogen (secondary N) is 1. The van der Waals surface area contributed by atoms with E-state index in [1.165, 1.54) is 13.0 Å². The van der Waals surface area contributed by atoms with Gasteiger partial charge in [-0.2, -0.15) is 5.10 Å². The summed E-state index contributed by atoms with van der Waals surface area (Å²) >= 11 is 1.62. The number of hydrazone groups is 1. The third kappa shape index (κ3) is 7.33. The molecule has 0 fully saturated rings. The number of nitrogens with zero attached hydrogens (tertiary/aromatic N) is 2. The van der Waals surface area contributed by atoms with Gasteiger partial charge in [0, 0.05) is 37.6 Å². The second-order valence-corrected chi connectivity index (χ2v) is 8.60. The highest BCUT2D eigenvalue weighted by molar-refractivity contribution is 8.15. The van der Waals surface area contributed by atoms with Crippen LogP contribution in [0.4, 0.5) is 14.5 Å². The van der Waals surface area contributed by atoms with Gasteiger partial charge >= 0.3 is 0 Å². The molecule has 2 atom stereocenters. The quantitative estimate of drug-likeness (QED) is 0.375. The Morgan fingerprint density at radius 2 is 2.03 bits per heavy atom. The van der Waals surface area contributed by atoms with E-state index >= 15 is 0 Å². The molecule has 0 aliphatic carbocycles. The average Bonchev–Trinajstić information content (AvgIpc) is 3.08. The number of alkyl halides is 1. The van der Waals surface area contributed by atoms with Crippen LogP contribution in [0.15, 0.2) is 65.6 Å². The highest BCUT2D eigenvalue weighted by Gasteiger charge is 2.49. The normalized spacial score (nSPS) is 20.3. The first-order valence-electron chi connectivity index (χ1n) is 10.9. The second kappa shape index (κ2) is 13.2. The molecule has 32 heavy (non-hydrogen) atoms. The standard InChI is InChI=1S/C18H22FN3OS.C5H7F.C2H6/c1-12(10-13(2)19)11-17-21-22(14(3)23)18(24-17)8-9-20-16-7-5-4-6-15(16)18;1-3-4-5(2)6;1-2/h4-7,10,13,20H,8-9,11H2,1-3H3;3-4H,2H2,1H3;1-2H3/b;4-3-;. The van der Waals surface area contributed by atoms with Crippen molar-refractivity contribution in [2.24, 2.45) is 5.10 Å². The molecule has 2 unspecified atom stereocenters. The molecular weight excluding hydrogens is 428 g/mol. The molecule has 3 rings (SSSR count). The zero-order valence-corrected chi connectivity index (χ0v) is 20.7. The topological polar surface area (TPSA) is 44.7 Å². The third-order valence-electron chi connectivity index (χ3n) is 4.56. The van der Waals surface area contributed by atoms with Crippen LogP contribution in [0.5, 0.6) is 0 Å². The SMILES string of the molecule is C=C(F)/C=C\C.CC.CC(=O)N1N=C(CC(C)=CC(C)F)SC12CCNc1ccccc12. The summed E-state index contributed by atoms with van der Waals surface area (Å²) in [7, 11) is 0. The Balaban J connectivity index is 0.000000556. The van der Waals surface area contributed by atoms with Gasteiger partial charge < -0.3 is 5.32 Å². The number of fused-ring (bicyclic) bond motifs is 2. The smallest absolute Gasteiger partial charge is 0.241 e. The van der Waals surface area contributed by atoms with Crippen LogP contribution in [0.3, 0.4) is 0 Å². The maximum Gasteiger partial charge on any atom is 0.241 e. The summed E-state index contributed by atoms with van der Waals surface area (Å²) in [6.45, 7) is 14.5. The van der Waals surface area contributed by atoms with Gasteiger partial charge in [-0.25, -0.2) is 13.8 Å². The zero-order valence-electron chi connectivity index (χ0n) is 19.9. The van der Waals surface area contributed by atoms with Crippen molar-refractivity contribution < 1.29 is 13.6 Å². The van der Waals surface area contributed by atoms with E-state index in [0.717, 1.165) is 34.8 Å². The molecule has 0 radical (unpaired) electrons. The highest BCUT2D eigenvalue weighted by Crippen LogP contribution is 2.53. The summed E-state index contributed by atoms with van der Waals surface area (Å²) in [4.78, 5) is 11.8. The number of carbonyl (C=O) groups excluding carboxylic acids is 1. The predicted molar refractivity (Wildman–Crippen MR) is 134 cm³/mol. The first-order valence-corrected chi connectivity index (χ1v) is 11.7. The number of hydrogen-bond donors (Lipinski definition) is 1. The molecule has 7 heteroatoms. The van der Waals surface area contributed by atoms with E-state index in [1.54, 1.807) is 42.8 Å². The number of hydrogen-bond acceptors (Lipinski definition) is 4. The molecule has 0 aromatic heterocycles. The van der Waals surface area contributed by atoms with Crippen molar-refractivity contribution in [3.05, 3.63) is 66.0 Å². The minimum atomic E-state index is -0.977. The Kier molecular flexibility index (Phi) is 11.4. The maximum absolute atomic E-state index is 13.2. The largest absolute Gasteiger partial charge is 0.385 e. The minimum absolute atomic E-state index is 0.0744. The summed E-state index contributed by atoms with van der Waals surface area (Å²) in [6.07, 6.45) is 4.88. The number of carbonyl (C=O) groups is 1. The Hall–Kier alpha value is -2.41. The molecule has 2 aliphatic rings. The van der Waals surface area contributed by atoms with Gasteiger partial charge in [-0.3, -0.25) is 4.79 Å². The zero-order chi connectivity index (χ0) is 24.3. The summed E-state index contributed by atoms with van der Waals surface area (Å²) < 4.78 is 24.6. The number of anilines is 1. The van der Waals surface area contributed by atoms with Gasteiger partial charge in [0.1, 0.15) is 21.9 Å². The van der Waals surface area contributed by atoms with E-state index in [0.29, 0.717) is 6.42 Å². The third-order valence-corrected chi connectivity index (χ3v) is 5.95. The molecule has 0 saturated carbocycles. The van der Waals surface area contributed by atoms with Crippen molar-refractivity contribution in [3.63, 3.8) is 0 Å². The van der Waals surface area contributed by atoms with Crippen LogP contribution in [-0.4, -0.2) is 28.7 Å². The van der Waals surface area contributed by atoms with Crippen molar-refractivity contribution in [2.75, 3.05) is 11.9 Å². The van der Waals surface area contributed by atoms with E-state index < -0.39 is 16.9 Å². The van der Waals surface area contributed by atoms with E-state index in [-0.39, 0.29) is 5.91 Å². The lowest BCUT2D eigenvalue weighted by Gasteiger charge is -2.39. The molecule has 2 heterocycles. The Labute approximate surface area is 195 Å². The molecule has 1 aromatic carbocycles. The summed E-state index contributed by atoms with van der Waals surface area (Å²) in [5.41, 5.74) is 3.05. The number of allylic oxidation sites excluding steroid dienone is 5. The van der Waals surface area contributed by atoms with Crippen LogP contribution in [0.1, 0.15) is 59.9 Å². The summed E-state index contributed by atoms with van der Waals surface area (Å²) in [6, 6.07) is 8.05. The molecule has 4 nitrogen and oxygen atoms in total. The lowest BCUT2D eigenvalue weighted by atomic mass is 9.96. The lowest BCUT2D eigenvalue weighted by Crippen LogP contribution is -2.44. The van der Waals surface area contributed by atoms with Gasteiger partial charge in [-0.1, -0.05) is 68.1 Å². The summed E-state index contributed by atoms with van der Waals surface area (Å²) in [5, 5.41) is 10.4. The Morgan fingerprint density at radius 1 is 1.38 bits per heavy atom. The van der Waals surface area contributed by atoms with Crippen molar-refractivity contribution in [2.45, 2.75) is 65.4 Å². The Bertz CT molecular complexity index is 880. The molecule has 1 aromatic rings. The first-order chi connectivity index (χ1) is 15.2. The van der Waals surface area contributed by atoms with Gasteiger partial charge in [-0.05, 0) is 32.9 Å². The fourth-order valence-corrected chi connectivity index (χ4v) is 5.08. The monoisotopic (exact) mass is 463 g/mol. The fraction of sp³-hybridized carbons (Fsp3) is 0.440. The molecule has 1 N–H and O–H groups in total. The van der Waals surface area contributed by atoms with Crippen molar-refractivity contribution in [1.82, 2.24) is 5.01 Å². The molecule has 176 valence electrons.